The Morgan fingerprint density at radius 2 is 1.81 bits per heavy atom. The van der Waals surface area contributed by atoms with Crippen molar-refractivity contribution in [3.63, 3.8) is 0 Å². The van der Waals surface area contributed by atoms with E-state index < -0.39 is 22.9 Å². The summed E-state index contributed by atoms with van der Waals surface area (Å²) in [6.45, 7) is 4.43. The third-order valence-electron chi connectivity index (χ3n) is 5.69. The highest BCUT2D eigenvalue weighted by Crippen LogP contribution is 2.41. The maximum absolute atomic E-state index is 13.4. The molecule has 0 unspecified atom stereocenters. The maximum Gasteiger partial charge on any atom is 0.416 e. The van der Waals surface area contributed by atoms with E-state index in [-0.39, 0.29) is 15.5 Å². The van der Waals surface area contributed by atoms with Crippen LogP contribution in [0, 0.1) is 0 Å². The van der Waals surface area contributed by atoms with Crippen molar-refractivity contribution in [3.8, 4) is 0 Å². The molecule has 0 radical (unpaired) electrons. The lowest BCUT2D eigenvalue weighted by Gasteiger charge is -2.41. The number of anilines is 1. The summed E-state index contributed by atoms with van der Waals surface area (Å²) >= 11 is 7.00. The van der Waals surface area contributed by atoms with Gasteiger partial charge in [-0.2, -0.15) is 13.2 Å². The topological polar surface area (TPSA) is 61.9 Å². The molecule has 6 nitrogen and oxygen atoms in total. The number of hydrogen-bond acceptors (Lipinski definition) is 6. The number of thioether (sulfide) groups is 1. The predicted octanol–water partition coefficient (Wildman–Crippen LogP) is 3.98. The summed E-state index contributed by atoms with van der Waals surface area (Å²) in [6.07, 6.45) is -1.57. The summed E-state index contributed by atoms with van der Waals surface area (Å²) < 4.78 is 45.6. The van der Waals surface area contributed by atoms with Crippen LogP contribution in [0.15, 0.2) is 17.0 Å². The fraction of sp³-hybridized carbons (Fsp3) is 0.500. The molecule has 0 spiro atoms. The standard InChI is InChI=1S/C20H21ClF3N3O3S/c21-15-11-13(20(22,23)24)9-12(10-16-18(28)25-19(29)31-16)17(15)27-3-1-14(2-4-27)26-5-7-30-8-6-26/h9-11,14H,1-8H2,(H,25,28,29)/b16-10+. The minimum Gasteiger partial charge on any atom is -0.379 e. The highest BCUT2D eigenvalue weighted by atomic mass is 35.5. The first-order chi connectivity index (χ1) is 14.7. The van der Waals surface area contributed by atoms with Crippen molar-refractivity contribution in [2.75, 3.05) is 44.3 Å². The Morgan fingerprint density at radius 3 is 2.39 bits per heavy atom. The second-order valence-corrected chi connectivity index (χ2v) is 9.03. The van der Waals surface area contributed by atoms with Gasteiger partial charge in [-0.1, -0.05) is 11.6 Å². The van der Waals surface area contributed by atoms with E-state index in [0.717, 1.165) is 38.1 Å². The number of carbonyl (C=O) groups excluding carboxylic acids is 2. The van der Waals surface area contributed by atoms with Crippen molar-refractivity contribution in [2.45, 2.75) is 25.1 Å². The Bertz CT molecular complexity index is 911. The van der Waals surface area contributed by atoms with Crippen LogP contribution in [-0.4, -0.2) is 61.5 Å². The minimum absolute atomic E-state index is 0.0266. The Kier molecular flexibility index (Phi) is 6.52. The SMILES string of the molecule is O=C1NC(=O)/C(=C\c2cc(C(F)(F)F)cc(Cl)c2N2CCC(N3CCOCC3)CC2)S1. The Morgan fingerprint density at radius 1 is 1.13 bits per heavy atom. The Balaban J connectivity index is 1.63. The molecule has 1 aromatic carbocycles. The molecule has 0 aliphatic carbocycles. The second-order valence-electron chi connectivity index (χ2n) is 7.61. The first kappa shape index (κ1) is 22.4. The number of piperidine rings is 1. The van der Waals surface area contributed by atoms with Crippen LogP contribution in [-0.2, 0) is 15.7 Å². The molecule has 1 N–H and O–H groups in total. The van der Waals surface area contributed by atoms with Gasteiger partial charge in [0.2, 0.25) is 0 Å². The monoisotopic (exact) mass is 475 g/mol. The van der Waals surface area contributed by atoms with E-state index in [1.54, 1.807) is 0 Å². The van der Waals surface area contributed by atoms with Gasteiger partial charge in [-0.15, -0.1) is 0 Å². The summed E-state index contributed by atoms with van der Waals surface area (Å²) in [4.78, 5) is 27.8. The molecule has 3 saturated heterocycles. The first-order valence-electron chi connectivity index (χ1n) is 9.95. The van der Waals surface area contributed by atoms with Crippen LogP contribution in [0.3, 0.4) is 0 Å². The molecular formula is C20H21ClF3N3O3S. The summed E-state index contributed by atoms with van der Waals surface area (Å²) in [6, 6.07) is 2.29. The number of imide groups is 1. The van der Waals surface area contributed by atoms with Crippen molar-refractivity contribution in [1.29, 1.82) is 0 Å². The number of rotatable bonds is 3. The van der Waals surface area contributed by atoms with Gasteiger partial charge < -0.3 is 9.64 Å². The van der Waals surface area contributed by atoms with Crippen LogP contribution in [0.4, 0.5) is 23.7 Å². The third-order valence-corrected chi connectivity index (χ3v) is 6.79. The van der Waals surface area contributed by atoms with Gasteiger partial charge in [-0.05, 0) is 42.8 Å². The highest BCUT2D eigenvalue weighted by Gasteiger charge is 2.34. The largest absolute Gasteiger partial charge is 0.416 e. The lowest BCUT2D eigenvalue weighted by molar-refractivity contribution is -0.137. The number of amides is 2. The summed E-state index contributed by atoms with van der Waals surface area (Å²) in [5.41, 5.74) is -0.265. The van der Waals surface area contributed by atoms with Crippen LogP contribution < -0.4 is 10.2 Å². The summed E-state index contributed by atoms with van der Waals surface area (Å²) in [5.74, 6) is -0.625. The molecule has 31 heavy (non-hydrogen) atoms. The zero-order chi connectivity index (χ0) is 22.2. The van der Waals surface area contributed by atoms with Crippen molar-refractivity contribution in [2.24, 2.45) is 0 Å². The normalized spacial score (nSPS) is 23.0. The van der Waals surface area contributed by atoms with Gasteiger partial charge in [0.15, 0.2) is 0 Å². The average molecular weight is 476 g/mol. The van der Waals surface area contributed by atoms with E-state index >= 15 is 0 Å². The third kappa shape index (κ3) is 5.02. The van der Waals surface area contributed by atoms with E-state index in [2.05, 4.69) is 10.2 Å². The van der Waals surface area contributed by atoms with Crippen LogP contribution >= 0.6 is 23.4 Å². The number of carbonyl (C=O) groups is 2. The number of hydrogen-bond donors (Lipinski definition) is 1. The lowest BCUT2D eigenvalue weighted by atomic mass is 9.99. The molecule has 3 aliphatic heterocycles. The van der Waals surface area contributed by atoms with Gasteiger partial charge in [0.1, 0.15) is 0 Å². The van der Waals surface area contributed by atoms with E-state index in [9.17, 15) is 22.8 Å². The van der Waals surface area contributed by atoms with E-state index in [4.69, 9.17) is 16.3 Å². The minimum atomic E-state index is -4.58. The van der Waals surface area contributed by atoms with Gasteiger partial charge in [-0.25, -0.2) is 0 Å². The number of morpholine rings is 1. The summed E-state index contributed by atoms with van der Waals surface area (Å²) in [7, 11) is 0. The number of benzene rings is 1. The van der Waals surface area contributed by atoms with Gasteiger partial charge >= 0.3 is 6.18 Å². The summed E-state index contributed by atoms with van der Waals surface area (Å²) in [5, 5.41) is 1.54. The second kappa shape index (κ2) is 9.01. The number of nitrogens with zero attached hydrogens (tertiary/aromatic N) is 2. The quantitative estimate of drug-likeness (QED) is 0.667. The van der Waals surface area contributed by atoms with Gasteiger partial charge in [0.05, 0.1) is 34.4 Å². The molecule has 0 aromatic heterocycles. The van der Waals surface area contributed by atoms with Crippen molar-refractivity contribution < 1.29 is 27.5 Å². The van der Waals surface area contributed by atoms with Crippen LogP contribution in [0.2, 0.25) is 5.02 Å². The van der Waals surface area contributed by atoms with Crippen LogP contribution in [0.25, 0.3) is 6.08 Å². The van der Waals surface area contributed by atoms with Crippen LogP contribution in [0.5, 0.6) is 0 Å². The molecule has 11 heteroatoms. The van der Waals surface area contributed by atoms with Crippen molar-refractivity contribution in [3.05, 3.63) is 33.2 Å². The maximum atomic E-state index is 13.4. The Labute approximate surface area is 186 Å². The molecule has 168 valence electrons. The zero-order valence-corrected chi connectivity index (χ0v) is 18.1. The van der Waals surface area contributed by atoms with Crippen molar-refractivity contribution >= 4 is 46.3 Å². The molecule has 0 bridgehead atoms. The highest BCUT2D eigenvalue weighted by molar-refractivity contribution is 8.18. The first-order valence-corrected chi connectivity index (χ1v) is 11.1. The van der Waals surface area contributed by atoms with Gasteiger partial charge in [0, 0.05) is 37.8 Å². The predicted molar refractivity (Wildman–Crippen MR) is 113 cm³/mol. The van der Waals surface area contributed by atoms with Gasteiger partial charge in [-0.3, -0.25) is 19.8 Å². The van der Waals surface area contributed by atoms with Crippen molar-refractivity contribution in [1.82, 2.24) is 10.2 Å². The molecule has 4 rings (SSSR count). The fourth-order valence-corrected chi connectivity index (χ4v) is 5.21. The molecule has 2 amide bonds. The Hall–Kier alpha value is -1.75. The van der Waals surface area contributed by atoms with Gasteiger partial charge in [0.25, 0.3) is 11.1 Å². The number of ether oxygens (including phenoxy) is 1. The van der Waals surface area contributed by atoms with Crippen LogP contribution in [0.1, 0.15) is 24.0 Å². The molecule has 0 atom stereocenters. The number of alkyl halides is 3. The van der Waals surface area contributed by atoms with E-state index in [1.807, 2.05) is 4.90 Å². The van der Waals surface area contributed by atoms with E-state index in [0.29, 0.717) is 49.8 Å². The lowest BCUT2D eigenvalue weighted by Crippen LogP contribution is -2.49. The molecule has 3 heterocycles. The molecule has 3 aliphatic rings. The van der Waals surface area contributed by atoms with E-state index in [1.165, 1.54) is 6.08 Å². The number of halogens is 4. The average Bonchev–Trinajstić information content (AvgIpc) is 3.04. The molecule has 0 saturated carbocycles. The molecule has 3 fully saturated rings. The fourth-order valence-electron chi connectivity index (χ4n) is 4.19. The molecular weight excluding hydrogens is 455 g/mol. The number of nitrogens with one attached hydrogen (secondary N) is 1. The molecule has 1 aromatic rings. The smallest absolute Gasteiger partial charge is 0.379 e. The zero-order valence-electron chi connectivity index (χ0n) is 16.5.